The van der Waals surface area contributed by atoms with E-state index in [-0.39, 0.29) is 61.4 Å². The third-order valence-corrected chi connectivity index (χ3v) is 17.3. The first kappa shape index (κ1) is 61.3. The zero-order valence-electron chi connectivity index (χ0n) is 52.1. The Balaban J connectivity index is 1.28. The third kappa shape index (κ3) is 18.6. The van der Waals surface area contributed by atoms with E-state index < -0.39 is 0 Å². The normalized spacial score (nSPS) is 26.4. The van der Waals surface area contributed by atoms with Gasteiger partial charge in [-0.15, -0.1) is 0 Å². The van der Waals surface area contributed by atoms with Crippen LogP contribution in [0.2, 0.25) is 0 Å². The van der Waals surface area contributed by atoms with E-state index in [0.29, 0.717) is 24.2 Å². The van der Waals surface area contributed by atoms with Crippen LogP contribution in [0.3, 0.4) is 0 Å². The predicted octanol–water partition coefficient (Wildman–Crippen LogP) is 10.8. The Morgan fingerprint density at radius 2 is 0.581 bits per heavy atom. The van der Waals surface area contributed by atoms with Crippen LogP contribution >= 0.6 is 0 Å². The van der Waals surface area contributed by atoms with Crippen LogP contribution in [0.4, 0.5) is 17.8 Å². The SMILES string of the molecule is CN(c1nc(N(CCCCCCNC2CC(C)(C)NC(C)(C)C2)C2CC(C)(C)NC(C)(C)C2)nc(N(CCCCCCNC2CC(C)(C)NC(C)(C)C2)C2CC(C)(C)NC(C)(C)C2)n1)C1CC(C)(C)NC(C)(C)C1. The van der Waals surface area contributed by atoms with E-state index in [4.69, 9.17) is 15.0 Å². The minimum Gasteiger partial charge on any atom is -0.341 e. The zero-order valence-corrected chi connectivity index (χ0v) is 52.1. The second-order valence-corrected chi connectivity index (χ2v) is 31.8. The van der Waals surface area contributed by atoms with Crippen molar-refractivity contribution in [2.45, 2.75) is 340 Å². The Hall–Kier alpha value is -1.87. The molecule has 0 aliphatic carbocycles. The highest BCUT2D eigenvalue weighted by Gasteiger charge is 2.45. The van der Waals surface area contributed by atoms with Crippen LogP contribution in [0.25, 0.3) is 0 Å². The molecule has 13 nitrogen and oxygen atoms in total. The first-order valence-corrected chi connectivity index (χ1v) is 30.3. The van der Waals surface area contributed by atoms with E-state index >= 15 is 0 Å². The van der Waals surface area contributed by atoms with Crippen LogP contribution < -0.4 is 51.9 Å². The molecule has 0 atom stereocenters. The predicted molar refractivity (Wildman–Crippen MR) is 317 cm³/mol. The van der Waals surface area contributed by atoms with Crippen molar-refractivity contribution < 1.29 is 0 Å². The van der Waals surface area contributed by atoms with Crippen LogP contribution in [0, 0.1) is 0 Å². The molecular weight excluding hydrogens is 915 g/mol. The van der Waals surface area contributed by atoms with Crippen molar-refractivity contribution >= 4 is 17.8 Å². The van der Waals surface area contributed by atoms with Gasteiger partial charge in [0.1, 0.15) is 0 Å². The second kappa shape index (κ2) is 23.1. The summed E-state index contributed by atoms with van der Waals surface area (Å²) in [6.07, 6.45) is 20.3. The van der Waals surface area contributed by atoms with Crippen molar-refractivity contribution in [2.75, 3.05) is 47.9 Å². The molecular formula is C61H119N13. The van der Waals surface area contributed by atoms with Crippen molar-refractivity contribution in [1.29, 1.82) is 0 Å². The van der Waals surface area contributed by atoms with Crippen LogP contribution in [-0.2, 0) is 0 Å². The molecule has 74 heavy (non-hydrogen) atoms. The van der Waals surface area contributed by atoms with Gasteiger partial charge in [-0.2, -0.15) is 15.0 Å². The monoisotopic (exact) mass is 1030 g/mol. The van der Waals surface area contributed by atoms with Crippen LogP contribution in [0.5, 0.6) is 0 Å². The molecule has 5 saturated heterocycles. The van der Waals surface area contributed by atoms with E-state index in [2.05, 4.69) is 197 Å². The molecule has 0 unspecified atom stereocenters. The average Bonchev–Trinajstić information content (AvgIpc) is 3.16. The Morgan fingerprint density at radius 3 is 0.878 bits per heavy atom. The molecule has 0 amide bonds. The molecule has 428 valence electrons. The van der Waals surface area contributed by atoms with Crippen molar-refractivity contribution in [3.63, 3.8) is 0 Å². The summed E-state index contributed by atoms with van der Waals surface area (Å²) in [6.45, 7) is 51.5. The molecule has 1 aromatic heterocycles. The third-order valence-electron chi connectivity index (χ3n) is 17.3. The Bertz CT molecular complexity index is 1760. The number of nitrogens with zero attached hydrogens (tertiary/aromatic N) is 6. The minimum atomic E-state index is -0.0234. The maximum Gasteiger partial charge on any atom is 0.232 e. The fourth-order valence-electron chi connectivity index (χ4n) is 16.4. The zero-order chi connectivity index (χ0) is 55.0. The van der Waals surface area contributed by atoms with Gasteiger partial charge in [-0.1, -0.05) is 25.7 Å². The van der Waals surface area contributed by atoms with E-state index in [1.165, 1.54) is 64.2 Å². The lowest BCUT2D eigenvalue weighted by Crippen LogP contribution is -2.63. The smallest absolute Gasteiger partial charge is 0.232 e. The first-order chi connectivity index (χ1) is 33.8. The van der Waals surface area contributed by atoms with E-state index in [1.807, 2.05) is 0 Å². The van der Waals surface area contributed by atoms with Gasteiger partial charge in [0.15, 0.2) is 0 Å². The van der Waals surface area contributed by atoms with Crippen molar-refractivity contribution in [1.82, 2.24) is 52.2 Å². The maximum atomic E-state index is 5.79. The van der Waals surface area contributed by atoms with Crippen molar-refractivity contribution in [3.8, 4) is 0 Å². The number of anilines is 3. The topological polar surface area (TPSA) is 133 Å². The molecule has 7 N–H and O–H groups in total. The number of rotatable bonds is 22. The standard InChI is InChI=1S/C61H119N13/c1-52(2)34-44(35-53(3,4)67-52)62-30-26-22-24-28-32-73(47-40-58(13,14)70-59(15,16)41-47)50-64-49(72(21)46-38-56(9,10)69-57(11,12)39-46)65-51(66-50)74(48-42-60(17,18)71-61(19,20)43-48)33-29-25-23-27-31-63-45-36-54(5,6)68-55(7,8)37-45/h44-48,62-63,67-71H,22-43H2,1-21H3. The molecule has 0 bridgehead atoms. The molecule has 5 aliphatic rings. The first-order valence-electron chi connectivity index (χ1n) is 30.3. The molecule has 0 radical (unpaired) electrons. The average molecular weight is 1030 g/mol. The molecule has 1 aromatic rings. The fraction of sp³-hybridized carbons (Fsp3) is 0.951. The molecule has 0 saturated carbocycles. The van der Waals surface area contributed by atoms with Crippen molar-refractivity contribution in [3.05, 3.63) is 0 Å². The molecule has 6 heterocycles. The highest BCUT2D eigenvalue weighted by atomic mass is 15.4. The fourth-order valence-corrected chi connectivity index (χ4v) is 16.4. The van der Waals surface area contributed by atoms with E-state index in [9.17, 15) is 0 Å². The van der Waals surface area contributed by atoms with Gasteiger partial charge in [0.2, 0.25) is 17.8 Å². The van der Waals surface area contributed by atoms with Crippen LogP contribution in [0.15, 0.2) is 0 Å². The molecule has 6 rings (SSSR count). The quantitative estimate of drug-likeness (QED) is 0.0557. The molecule has 5 aliphatic heterocycles. The molecule has 0 spiro atoms. The number of aromatic nitrogens is 3. The largest absolute Gasteiger partial charge is 0.341 e. The Kier molecular flexibility index (Phi) is 19.1. The number of unbranched alkanes of at least 4 members (excludes halogenated alkanes) is 6. The van der Waals surface area contributed by atoms with Gasteiger partial charge in [-0.3, -0.25) is 0 Å². The highest BCUT2D eigenvalue weighted by Crippen LogP contribution is 2.39. The summed E-state index contributed by atoms with van der Waals surface area (Å²) in [5.74, 6) is 2.56. The lowest BCUT2D eigenvalue weighted by atomic mass is 9.79. The number of hydrogen-bond donors (Lipinski definition) is 7. The van der Waals surface area contributed by atoms with Gasteiger partial charge in [-0.05, 0) is 241 Å². The summed E-state index contributed by atoms with van der Waals surface area (Å²) in [5, 5.41) is 27.6. The molecule has 0 aromatic carbocycles. The number of hydrogen-bond acceptors (Lipinski definition) is 13. The Labute approximate surface area is 455 Å². The van der Waals surface area contributed by atoms with Gasteiger partial charge in [-0.25, -0.2) is 0 Å². The maximum absolute atomic E-state index is 5.79. The second-order valence-electron chi connectivity index (χ2n) is 31.8. The lowest BCUT2D eigenvalue weighted by molar-refractivity contribution is 0.145. The summed E-state index contributed by atoms with van der Waals surface area (Å²) in [4.78, 5) is 24.9. The highest BCUT2D eigenvalue weighted by molar-refractivity contribution is 5.49. The van der Waals surface area contributed by atoms with Gasteiger partial charge in [0, 0.05) is 106 Å². The minimum absolute atomic E-state index is 0.0113. The van der Waals surface area contributed by atoms with Crippen LogP contribution in [-0.4, -0.2) is 134 Å². The summed E-state index contributed by atoms with van der Waals surface area (Å²) in [7, 11) is 2.27. The Morgan fingerprint density at radius 1 is 0.338 bits per heavy atom. The summed E-state index contributed by atoms with van der Waals surface area (Å²) in [6, 6.07) is 1.99. The molecule has 5 fully saturated rings. The summed E-state index contributed by atoms with van der Waals surface area (Å²) < 4.78 is 0. The number of piperidine rings is 5. The summed E-state index contributed by atoms with van der Waals surface area (Å²) in [5.41, 5.74) is 0.507. The van der Waals surface area contributed by atoms with Gasteiger partial charge < -0.3 is 51.9 Å². The van der Waals surface area contributed by atoms with E-state index in [0.717, 1.165) is 95.4 Å². The van der Waals surface area contributed by atoms with E-state index in [1.54, 1.807) is 0 Å². The molecule has 13 heteroatoms. The van der Waals surface area contributed by atoms with Gasteiger partial charge >= 0.3 is 0 Å². The van der Waals surface area contributed by atoms with Gasteiger partial charge in [0.25, 0.3) is 0 Å². The lowest BCUT2D eigenvalue weighted by Gasteiger charge is -2.50. The van der Waals surface area contributed by atoms with Crippen molar-refractivity contribution in [2.24, 2.45) is 0 Å². The van der Waals surface area contributed by atoms with Crippen LogP contribution in [0.1, 0.15) is 254 Å². The van der Waals surface area contributed by atoms with Gasteiger partial charge in [0.05, 0.1) is 0 Å². The summed E-state index contributed by atoms with van der Waals surface area (Å²) >= 11 is 0. The number of nitrogens with one attached hydrogen (secondary N) is 7.